The maximum Gasteiger partial charge on any atom is 0.352 e. The smallest absolute Gasteiger partial charge is 0.352 e. The lowest BCUT2D eigenvalue weighted by Gasteiger charge is -2.45. The highest BCUT2D eigenvalue weighted by Gasteiger charge is 2.38. The average Bonchev–Trinajstić information content (AvgIpc) is 2.05. The molecule has 1 fully saturated rings. The summed E-state index contributed by atoms with van der Waals surface area (Å²) in [7, 11) is 0. The summed E-state index contributed by atoms with van der Waals surface area (Å²) in [6.07, 6.45) is 0.867. The second-order valence-corrected chi connectivity index (χ2v) is 3.28. The Kier molecular flexibility index (Phi) is 2.05. The average molecular weight is 199 g/mol. The van der Waals surface area contributed by atoms with E-state index < -0.39 is 5.97 Å². The molecule has 0 saturated carbocycles. The van der Waals surface area contributed by atoms with Gasteiger partial charge in [0.25, 0.3) is 0 Å². The Morgan fingerprint density at radius 2 is 2.54 bits per heavy atom. The molecule has 1 N–H and O–H groups in total. The molecule has 13 heavy (non-hydrogen) atoms. The van der Waals surface area contributed by atoms with Gasteiger partial charge in [0, 0.05) is 23.9 Å². The number of hydrogen-bond acceptors (Lipinski definition) is 4. The molecule has 0 aromatic heterocycles. The van der Waals surface area contributed by atoms with E-state index in [2.05, 4.69) is 0 Å². The molecule has 1 unspecified atom stereocenters. The number of carboxylic acid groups (broad SMARTS) is 1. The van der Waals surface area contributed by atoms with Crippen LogP contribution in [0.15, 0.2) is 11.3 Å². The summed E-state index contributed by atoms with van der Waals surface area (Å²) < 4.78 is 5.37. The SMILES string of the molecule is O=C(O)C1=C(C=S)COC2CCN12. The Bertz CT molecular complexity index is 300. The second-order valence-electron chi connectivity index (χ2n) is 3.04. The highest BCUT2D eigenvalue weighted by atomic mass is 32.1. The van der Waals surface area contributed by atoms with E-state index in [1.807, 2.05) is 0 Å². The van der Waals surface area contributed by atoms with Gasteiger partial charge in [0.2, 0.25) is 0 Å². The molecule has 2 rings (SSSR count). The van der Waals surface area contributed by atoms with E-state index in [0.717, 1.165) is 13.0 Å². The number of fused-ring (bicyclic) bond motifs is 1. The number of rotatable bonds is 2. The third kappa shape index (κ3) is 1.24. The molecule has 1 atom stereocenters. The summed E-state index contributed by atoms with van der Waals surface area (Å²) in [6.45, 7) is 1.07. The van der Waals surface area contributed by atoms with E-state index in [4.69, 9.17) is 22.1 Å². The molecule has 0 aromatic carbocycles. The van der Waals surface area contributed by atoms with Gasteiger partial charge in [-0.25, -0.2) is 4.79 Å². The quantitative estimate of drug-likeness (QED) is 0.652. The van der Waals surface area contributed by atoms with Gasteiger partial charge >= 0.3 is 5.97 Å². The summed E-state index contributed by atoms with van der Waals surface area (Å²) in [5.41, 5.74) is 0.913. The van der Waals surface area contributed by atoms with Crippen LogP contribution >= 0.6 is 12.2 Å². The highest BCUT2D eigenvalue weighted by molar-refractivity contribution is 7.79. The normalized spacial score (nSPS) is 26.5. The monoisotopic (exact) mass is 199 g/mol. The molecule has 5 heteroatoms. The first-order valence-corrected chi connectivity index (χ1v) is 4.51. The van der Waals surface area contributed by atoms with Crippen LogP contribution in [0.5, 0.6) is 0 Å². The first-order valence-electron chi connectivity index (χ1n) is 4.04. The molecule has 4 nitrogen and oxygen atoms in total. The van der Waals surface area contributed by atoms with Gasteiger partial charge in [0.05, 0.1) is 6.61 Å². The summed E-state index contributed by atoms with van der Waals surface area (Å²) in [4.78, 5) is 12.6. The maximum absolute atomic E-state index is 10.9. The minimum Gasteiger partial charge on any atom is -0.477 e. The zero-order valence-corrected chi connectivity index (χ0v) is 7.71. The predicted molar refractivity (Wildman–Crippen MR) is 49.4 cm³/mol. The van der Waals surface area contributed by atoms with Crippen molar-refractivity contribution >= 4 is 23.6 Å². The molecular weight excluding hydrogens is 190 g/mol. The van der Waals surface area contributed by atoms with Crippen molar-refractivity contribution in [3.05, 3.63) is 11.3 Å². The molecule has 2 aliphatic rings. The molecule has 70 valence electrons. The Labute approximate surface area is 80.8 Å². The molecule has 0 radical (unpaired) electrons. The Morgan fingerprint density at radius 1 is 1.77 bits per heavy atom. The zero-order valence-electron chi connectivity index (χ0n) is 6.90. The van der Waals surface area contributed by atoms with Gasteiger partial charge in [0.1, 0.15) is 11.9 Å². The van der Waals surface area contributed by atoms with Gasteiger partial charge in [0.15, 0.2) is 0 Å². The first-order chi connectivity index (χ1) is 6.24. The fourth-order valence-corrected chi connectivity index (χ4v) is 1.76. The lowest BCUT2D eigenvalue weighted by Crippen LogP contribution is -2.53. The Morgan fingerprint density at radius 3 is 3.00 bits per heavy atom. The van der Waals surface area contributed by atoms with E-state index in [0.29, 0.717) is 17.9 Å². The van der Waals surface area contributed by atoms with E-state index in [1.54, 1.807) is 4.90 Å². The predicted octanol–water partition coefficient (Wildman–Crippen LogP) is 0.387. The molecule has 0 aromatic rings. The van der Waals surface area contributed by atoms with Crippen LogP contribution in [-0.2, 0) is 9.53 Å². The van der Waals surface area contributed by atoms with E-state index in [-0.39, 0.29) is 6.23 Å². The van der Waals surface area contributed by atoms with Gasteiger partial charge in [-0.05, 0) is 0 Å². The fraction of sp³-hybridized carbons (Fsp3) is 0.500. The number of aliphatic carboxylic acids is 1. The van der Waals surface area contributed by atoms with Crippen LogP contribution in [0.25, 0.3) is 0 Å². The third-order valence-corrected chi connectivity index (χ3v) is 2.62. The summed E-state index contributed by atoms with van der Waals surface area (Å²) >= 11 is 4.73. The van der Waals surface area contributed by atoms with Gasteiger partial charge in [-0.2, -0.15) is 0 Å². The Hall–Kier alpha value is -0.940. The molecule has 2 aliphatic heterocycles. The van der Waals surface area contributed by atoms with Crippen LogP contribution in [0, 0.1) is 0 Å². The summed E-state index contributed by atoms with van der Waals surface area (Å²) in [5.74, 6) is -0.913. The van der Waals surface area contributed by atoms with Crippen LogP contribution in [0.1, 0.15) is 6.42 Å². The maximum atomic E-state index is 10.9. The number of nitrogens with zero attached hydrogens (tertiary/aromatic N) is 1. The zero-order chi connectivity index (χ0) is 9.42. The van der Waals surface area contributed by atoms with E-state index >= 15 is 0 Å². The molecular formula is C8H9NO3S. The van der Waals surface area contributed by atoms with Crippen molar-refractivity contribution in [2.24, 2.45) is 0 Å². The molecule has 0 bridgehead atoms. The van der Waals surface area contributed by atoms with Gasteiger partial charge in [-0.3, -0.25) is 0 Å². The lowest BCUT2D eigenvalue weighted by atomic mass is 10.1. The van der Waals surface area contributed by atoms with Crippen LogP contribution in [0.4, 0.5) is 0 Å². The molecule has 0 amide bonds. The molecule has 0 aliphatic carbocycles. The van der Waals surface area contributed by atoms with Crippen molar-refractivity contribution in [2.45, 2.75) is 12.6 Å². The van der Waals surface area contributed by atoms with Crippen molar-refractivity contribution in [2.75, 3.05) is 13.2 Å². The van der Waals surface area contributed by atoms with E-state index in [9.17, 15) is 4.79 Å². The largest absolute Gasteiger partial charge is 0.477 e. The number of thiocarbonyl (C=S) groups is 1. The van der Waals surface area contributed by atoms with Crippen LogP contribution in [0.2, 0.25) is 0 Å². The van der Waals surface area contributed by atoms with Gasteiger partial charge < -0.3 is 14.7 Å². The number of carbonyl (C=O) groups is 1. The number of hydrogen-bond donors (Lipinski definition) is 1. The van der Waals surface area contributed by atoms with E-state index in [1.165, 1.54) is 5.37 Å². The molecule has 2 heterocycles. The first kappa shape index (κ1) is 8.65. The van der Waals surface area contributed by atoms with Crippen molar-refractivity contribution in [3.8, 4) is 0 Å². The summed E-state index contributed by atoms with van der Waals surface area (Å²) in [6, 6.07) is 0. The molecule has 0 spiro atoms. The Balaban J connectivity index is 2.35. The third-order valence-electron chi connectivity index (χ3n) is 2.33. The topological polar surface area (TPSA) is 49.8 Å². The lowest BCUT2D eigenvalue weighted by molar-refractivity contribution is -0.147. The van der Waals surface area contributed by atoms with Crippen molar-refractivity contribution < 1.29 is 14.6 Å². The fourth-order valence-electron chi connectivity index (χ4n) is 1.58. The van der Waals surface area contributed by atoms with Gasteiger partial charge in [-0.15, -0.1) is 0 Å². The van der Waals surface area contributed by atoms with Crippen LogP contribution in [-0.4, -0.2) is 40.7 Å². The minimum absolute atomic E-state index is 0.0372. The van der Waals surface area contributed by atoms with Crippen molar-refractivity contribution in [3.63, 3.8) is 0 Å². The van der Waals surface area contributed by atoms with Crippen LogP contribution < -0.4 is 0 Å². The van der Waals surface area contributed by atoms with Crippen molar-refractivity contribution in [1.29, 1.82) is 0 Å². The standard InChI is InChI=1S/C8H9NO3S/c10-8(11)7-5(4-13)3-12-6-1-2-9(6)7/h4,6H,1-3H2,(H,10,11). The van der Waals surface area contributed by atoms with Crippen molar-refractivity contribution in [1.82, 2.24) is 4.90 Å². The number of ether oxygens (including phenoxy) is 1. The van der Waals surface area contributed by atoms with Crippen LogP contribution in [0.3, 0.4) is 0 Å². The highest BCUT2D eigenvalue weighted by Crippen LogP contribution is 2.30. The molecule has 1 saturated heterocycles. The minimum atomic E-state index is -0.913. The van der Waals surface area contributed by atoms with Gasteiger partial charge in [-0.1, -0.05) is 12.2 Å². The summed E-state index contributed by atoms with van der Waals surface area (Å²) in [5, 5.41) is 10.3. The number of carboxylic acids is 1. The second kappa shape index (κ2) is 3.08.